The van der Waals surface area contributed by atoms with Gasteiger partial charge in [-0.2, -0.15) is 0 Å². The Morgan fingerprint density at radius 1 is 1.17 bits per heavy atom. The maximum Gasteiger partial charge on any atom is 0.258 e. The van der Waals surface area contributed by atoms with Crippen molar-refractivity contribution in [2.45, 2.75) is 0 Å². The molecule has 2 rings (SSSR count). The zero-order chi connectivity index (χ0) is 13.3. The second-order valence-corrected chi connectivity index (χ2v) is 6.02. The van der Waals surface area contributed by atoms with Crippen LogP contribution in [0.25, 0.3) is 0 Å². The lowest BCUT2D eigenvalue weighted by Gasteiger charge is -2.06. The van der Waals surface area contributed by atoms with Gasteiger partial charge in [0.2, 0.25) is 0 Å². The molecule has 0 aliphatic carbocycles. The van der Waals surface area contributed by atoms with Crippen LogP contribution in [0, 0.1) is 0 Å². The van der Waals surface area contributed by atoms with Gasteiger partial charge in [-0.3, -0.25) is 4.79 Å². The van der Waals surface area contributed by atoms with Gasteiger partial charge < -0.3 is 5.32 Å². The first-order chi connectivity index (χ1) is 8.49. The second kappa shape index (κ2) is 5.59. The third-order valence-electron chi connectivity index (χ3n) is 1.89. The minimum atomic E-state index is -0.484. The lowest BCUT2D eigenvalue weighted by Crippen LogP contribution is -2.12. The number of nitrogens with zero attached hydrogens (tertiary/aromatic N) is 2. The smallest absolute Gasteiger partial charge is 0.258 e. The monoisotopic (exact) mass is 341 g/mol. The highest BCUT2D eigenvalue weighted by Gasteiger charge is 2.17. The molecule has 0 fully saturated rings. The third kappa shape index (κ3) is 2.87. The Hall–Kier alpha value is -0.590. The molecule has 0 aliphatic rings. The molecule has 0 saturated carbocycles. The van der Waals surface area contributed by atoms with Crippen LogP contribution in [0.2, 0.25) is 19.0 Å². The Morgan fingerprint density at radius 3 is 2.28 bits per heavy atom. The molecule has 1 amide bonds. The molecule has 0 aromatic carbocycles. The summed E-state index contributed by atoms with van der Waals surface area (Å²) in [5.41, 5.74) is 0.367. The Morgan fingerprint density at radius 2 is 1.78 bits per heavy atom. The van der Waals surface area contributed by atoms with Crippen molar-refractivity contribution >= 4 is 69.3 Å². The highest BCUT2D eigenvalue weighted by Crippen LogP contribution is 2.33. The molecule has 4 nitrogen and oxygen atoms in total. The van der Waals surface area contributed by atoms with E-state index in [1.54, 1.807) is 0 Å². The average molecular weight is 343 g/mol. The van der Waals surface area contributed by atoms with Gasteiger partial charge in [0.25, 0.3) is 5.91 Å². The number of nitrogens with one attached hydrogen (secondary N) is 1. The van der Waals surface area contributed by atoms with E-state index < -0.39 is 5.91 Å². The van der Waals surface area contributed by atoms with E-state index in [0.717, 1.165) is 11.3 Å². The lowest BCUT2D eigenvalue weighted by atomic mass is 10.3. The number of amides is 1. The number of carbonyl (C=O) groups excluding carboxylic acids is 1. The van der Waals surface area contributed by atoms with Gasteiger partial charge in [-0.15, -0.1) is 11.3 Å². The van der Waals surface area contributed by atoms with E-state index in [2.05, 4.69) is 15.3 Å². The molecule has 1 N–H and O–H groups in total. The van der Waals surface area contributed by atoms with Gasteiger partial charge in [-0.05, 0) is 6.07 Å². The predicted molar refractivity (Wildman–Crippen MR) is 74.3 cm³/mol. The van der Waals surface area contributed by atoms with E-state index >= 15 is 0 Å². The number of anilines is 1. The van der Waals surface area contributed by atoms with E-state index in [-0.39, 0.29) is 25.9 Å². The molecule has 18 heavy (non-hydrogen) atoms. The van der Waals surface area contributed by atoms with Crippen LogP contribution in [-0.4, -0.2) is 15.9 Å². The molecular weight excluding hydrogens is 340 g/mol. The first kappa shape index (κ1) is 13.8. The fourth-order valence-corrected chi connectivity index (χ4v) is 2.99. The largest absolute Gasteiger partial charge is 0.317 e. The Bertz CT molecular complexity index is 596. The summed E-state index contributed by atoms with van der Waals surface area (Å²) in [7, 11) is 0. The van der Waals surface area contributed by atoms with Crippen molar-refractivity contribution in [2.24, 2.45) is 0 Å². The van der Waals surface area contributed by atoms with Crippen LogP contribution in [-0.2, 0) is 0 Å². The van der Waals surface area contributed by atoms with Crippen LogP contribution >= 0.6 is 57.7 Å². The van der Waals surface area contributed by atoms with E-state index in [4.69, 9.17) is 46.4 Å². The van der Waals surface area contributed by atoms with Crippen molar-refractivity contribution in [1.82, 2.24) is 9.97 Å². The van der Waals surface area contributed by atoms with Crippen molar-refractivity contribution in [3.8, 4) is 0 Å². The van der Waals surface area contributed by atoms with E-state index in [1.165, 1.54) is 12.4 Å². The van der Waals surface area contributed by atoms with Crippen molar-refractivity contribution < 1.29 is 4.79 Å². The summed E-state index contributed by atoms with van der Waals surface area (Å²) in [6.07, 6.45) is 1.19. The molecule has 2 aromatic rings. The van der Waals surface area contributed by atoms with Gasteiger partial charge >= 0.3 is 0 Å². The van der Waals surface area contributed by atoms with Crippen LogP contribution in [0.1, 0.15) is 10.4 Å². The summed E-state index contributed by atoms with van der Waals surface area (Å²) in [5.74, 6) is -0.484. The highest BCUT2D eigenvalue weighted by molar-refractivity contribution is 7.20. The lowest BCUT2D eigenvalue weighted by molar-refractivity contribution is 0.102. The van der Waals surface area contributed by atoms with Gasteiger partial charge in [0.15, 0.2) is 10.3 Å². The first-order valence-corrected chi connectivity index (χ1v) is 6.74. The fraction of sp³-hybridized carbons (Fsp3) is 0. The maximum absolute atomic E-state index is 11.9. The summed E-state index contributed by atoms with van der Waals surface area (Å²) in [5, 5.41) is 2.57. The molecule has 0 atom stereocenters. The number of aromatic nitrogens is 2. The van der Waals surface area contributed by atoms with Crippen LogP contribution in [0.15, 0.2) is 12.4 Å². The summed E-state index contributed by atoms with van der Waals surface area (Å²) in [6, 6.07) is 1.45. The van der Waals surface area contributed by atoms with Crippen LogP contribution in [0.5, 0.6) is 0 Å². The Labute approximate surface area is 126 Å². The summed E-state index contributed by atoms with van der Waals surface area (Å²) in [4.78, 5) is 19.4. The first-order valence-electron chi connectivity index (χ1n) is 4.41. The average Bonchev–Trinajstić information content (AvgIpc) is 2.63. The number of rotatable bonds is 2. The van der Waals surface area contributed by atoms with E-state index in [0.29, 0.717) is 4.34 Å². The molecule has 94 valence electrons. The minimum absolute atomic E-state index is 0.0424. The topological polar surface area (TPSA) is 54.9 Å². The van der Waals surface area contributed by atoms with Crippen molar-refractivity contribution in [3.63, 3.8) is 0 Å². The summed E-state index contributed by atoms with van der Waals surface area (Å²) >= 11 is 24.3. The van der Waals surface area contributed by atoms with Gasteiger partial charge in [-0.25, -0.2) is 9.97 Å². The van der Waals surface area contributed by atoms with Crippen molar-refractivity contribution in [1.29, 1.82) is 0 Å². The molecule has 2 aromatic heterocycles. The SMILES string of the molecule is O=C(Nc1c(Cl)ncnc1Cl)c1cc(Cl)sc1Cl. The zero-order valence-corrected chi connectivity index (χ0v) is 12.2. The van der Waals surface area contributed by atoms with Crippen molar-refractivity contribution in [2.75, 3.05) is 5.32 Å². The normalized spacial score (nSPS) is 10.4. The predicted octanol–water partition coefficient (Wildman–Crippen LogP) is 4.40. The zero-order valence-electron chi connectivity index (χ0n) is 8.38. The van der Waals surface area contributed by atoms with Gasteiger partial charge in [0.05, 0.1) is 9.90 Å². The van der Waals surface area contributed by atoms with Crippen LogP contribution in [0.4, 0.5) is 5.69 Å². The van der Waals surface area contributed by atoms with Gasteiger partial charge in [0.1, 0.15) is 16.4 Å². The number of hydrogen-bond donors (Lipinski definition) is 1. The van der Waals surface area contributed by atoms with Crippen LogP contribution < -0.4 is 5.32 Å². The third-order valence-corrected chi connectivity index (χ3v) is 3.96. The van der Waals surface area contributed by atoms with E-state index in [9.17, 15) is 4.79 Å². The molecular formula is C9H3Cl4N3OS. The number of thiophene rings is 1. The second-order valence-electron chi connectivity index (χ2n) is 3.02. The maximum atomic E-state index is 11.9. The molecule has 0 unspecified atom stereocenters. The molecule has 0 bridgehead atoms. The number of halogens is 4. The van der Waals surface area contributed by atoms with Crippen LogP contribution in [0.3, 0.4) is 0 Å². The molecule has 2 heterocycles. The number of carbonyl (C=O) groups is 1. The minimum Gasteiger partial charge on any atom is -0.317 e. The van der Waals surface area contributed by atoms with E-state index in [1.807, 2.05) is 0 Å². The molecule has 9 heteroatoms. The Balaban J connectivity index is 2.30. The summed E-state index contributed by atoms with van der Waals surface area (Å²) in [6.45, 7) is 0. The van der Waals surface area contributed by atoms with Gasteiger partial charge in [0, 0.05) is 0 Å². The molecule has 0 spiro atoms. The van der Waals surface area contributed by atoms with Gasteiger partial charge in [-0.1, -0.05) is 46.4 Å². The molecule has 0 saturated heterocycles. The Kier molecular flexibility index (Phi) is 4.29. The molecule has 0 aliphatic heterocycles. The van der Waals surface area contributed by atoms with Crippen molar-refractivity contribution in [3.05, 3.63) is 36.9 Å². The standard InChI is InChI=1S/C9H3Cl4N3OS/c10-4-1-3(8(13)18-4)9(17)16-5-6(11)14-2-15-7(5)12/h1-2H,(H,16,17). The molecule has 0 radical (unpaired) electrons. The fourth-order valence-electron chi connectivity index (χ4n) is 1.12. The summed E-state index contributed by atoms with van der Waals surface area (Å²) < 4.78 is 0.688. The highest BCUT2D eigenvalue weighted by atomic mass is 35.5. The number of hydrogen-bond acceptors (Lipinski definition) is 4. The quantitative estimate of drug-likeness (QED) is 0.822.